The van der Waals surface area contributed by atoms with Crippen LogP contribution in [-0.4, -0.2) is 31.7 Å². The fraction of sp³-hybridized carbons (Fsp3) is 0.462. The van der Waals surface area contributed by atoms with Crippen molar-refractivity contribution in [3.63, 3.8) is 0 Å². The second-order valence-corrected chi connectivity index (χ2v) is 5.90. The molecule has 1 aliphatic heterocycles. The lowest BCUT2D eigenvalue weighted by Gasteiger charge is -2.33. The number of nitrogens with zero attached hydrogens (tertiary/aromatic N) is 5. The highest BCUT2D eigenvalue weighted by Crippen LogP contribution is 2.31. The van der Waals surface area contributed by atoms with E-state index in [9.17, 15) is 4.39 Å². The van der Waals surface area contributed by atoms with E-state index >= 15 is 0 Å². The van der Waals surface area contributed by atoms with Gasteiger partial charge in [0.05, 0.1) is 6.04 Å². The van der Waals surface area contributed by atoms with Gasteiger partial charge in [0.15, 0.2) is 5.82 Å². The van der Waals surface area contributed by atoms with Crippen LogP contribution in [0.5, 0.6) is 0 Å². The number of rotatable bonds is 2. The average molecular weight is 340 g/mol. The van der Waals surface area contributed by atoms with Crippen molar-refractivity contribution in [2.24, 2.45) is 7.05 Å². The first kappa shape index (κ1) is 13.6. The molecule has 2 heterocycles. The smallest absolute Gasteiger partial charge is 0.167 e. The zero-order valence-electron chi connectivity index (χ0n) is 11.3. The molecule has 0 amide bonds. The molecule has 0 N–H and O–H groups in total. The van der Waals surface area contributed by atoms with E-state index in [1.807, 2.05) is 14.0 Å². The number of aryl methyl sites for hydroxylation is 1. The van der Waals surface area contributed by atoms with Crippen LogP contribution < -0.4 is 0 Å². The summed E-state index contributed by atoms with van der Waals surface area (Å²) in [6.45, 7) is 3.49. The summed E-state index contributed by atoms with van der Waals surface area (Å²) in [6, 6.07) is 3.35. The zero-order valence-corrected chi connectivity index (χ0v) is 12.9. The van der Waals surface area contributed by atoms with Crippen molar-refractivity contribution in [1.82, 2.24) is 25.1 Å². The van der Waals surface area contributed by atoms with E-state index in [1.54, 1.807) is 10.7 Å². The number of tetrazole rings is 1. The molecule has 2 aromatic rings. The van der Waals surface area contributed by atoms with Crippen molar-refractivity contribution in [2.45, 2.75) is 25.9 Å². The van der Waals surface area contributed by atoms with Crippen LogP contribution in [0.4, 0.5) is 4.39 Å². The van der Waals surface area contributed by atoms with Gasteiger partial charge in [-0.05, 0) is 41.5 Å². The maximum atomic E-state index is 14.0. The SMILES string of the molecule is C[C@H](c1nnnn1C)N1CCc2c(Br)ccc(F)c2C1. The molecule has 0 aliphatic carbocycles. The summed E-state index contributed by atoms with van der Waals surface area (Å²) in [7, 11) is 1.82. The molecular weight excluding hydrogens is 325 g/mol. The van der Waals surface area contributed by atoms with Gasteiger partial charge >= 0.3 is 0 Å². The average Bonchev–Trinajstić information content (AvgIpc) is 2.88. The molecule has 106 valence electrons. The Labute approximate surface area is 124 Å². The summed E-state index contributed by atoms with van der Waals surface area (Å²) < 4.78 is 16.7. The number of hydrogen-bond donors (Lipinski definition) is 0. The minimum Gasteiger partial charge on any atom is -0.289 e. The molecule has 1 aromatic carbocycles. The maximum absolute atomic E-state index is 14.0. The van der Waals surface area contributed by atoms with Crippen LogP contribution in [0, 0.1) is 5.82 Å². The van der Waals surface area contributed by atoms with Crippen molar-refractivity contribution >= 4 is 15.9 Å². The molecule has 0 radical (unpaired) electrons. The summed E-state index contributed by atoms with van der Waals surface area (Å²) >= 11 is 3.50. The molecule has 1 aromatic heterocycles. The lowest BCUT2D eigenvalue weighted by Crippen LogP contribution is -2.34. The van der Waals surface area contributed by atoms with Crippen LogP contribution in [-0.2, 0) is 20.0 Å². The van der Waals surface area contributed by atoms with Gasteiger partial charge in [-0.3, -0.25) is 4.90 Å². The third kappa shape index (κ3) is 2.25. The second kappa shape index (κ2) is 5.21. The van der Waals surface area contributed by atoms with Gasteiger partial charge in [-0.1, -0.05) is 15.9 Å². The van der Waals surface area contributed by atoms with E-state index in [0.29, 0.717) is 6.54 Å². The predicted octanol–water partition coefficient (Wildman–Crippen LogP) is 2.23. The highest BCUT2D eigenvalue weighted by Gasteiger charge is 2.27. The molecule has 0 saturated heterocycles. The van der Waals surface area contributed by atoms with Crippen molar-refractivity contribution in [2.75, 3.05) is 6.54 Å². The van der Waals surface area contributed by atoms with Gasteiger partial charge in [-0.2, -0.15) is 0 Å². The molecule has 0 unspecified atom stereocenters. The molecular formula is C13H15BrFN5. The van der Waals surface area contributed by atoms with Gasteiger partial charge in [0, 0.05) is 30.2 Å². The minimum absolute atomic E-state index is 0.0570. The van der Waals surface area contributed by atoms with E-state index in [-0.39, 0.29) is 11.9 Å². The lowest BCUT2D eigenvalue weighted by atomic mass is 9.98. The van der Waals surface area contributed by atoms with Crippen LogP contribution >= 0.6 is 15.9 Å². The zero-order chi connectivity index (χ0) is 14.3. The minimum atomic E-state index is -0.142. The molecule has 1 aliphatic rings. The first-order valence-electron chi connectivity index (χ1n) is 6.50. The van der Waals surface area contributed by atoms with E-state index < -0.39 is 0 Å². The Bertz CT molecular complexity index is 642. The van der Waals surface area contributed by atoms with Crippen LogP contribution in [0.3, 0.4) is 0 Å². The fourth-order valence-corrected chi connectivity index (χ4v) is 3.27. The standard InChI is InChI=1S/C13H15BrFN5/c1-8(13-16-17-18-19(13)2)20-6-5-9-10(7-20)12(15)4-3-11(9)14/h3-4,8H,5-7H2,1-2H3/t8-/m1/s1. The molecule has 0 spiro atoms. The van der Waals surface area contributed by atoms with Crippen LogP contribution in [0.25, 0.3) is 0 Å². The number of halogens is 2. The van der Waals surface area contributed by atoms with Crippen molar-refractivity contribution in [3.05, 3.63) is 39.4 Å². The highest BCUT2D eigenvalue weighted by atomic mass is 79.9. The number of hydrogen-bond acceptors (Lipinski definition) is 4. The molecule has 1 atom stereocenters. The number of benzene rings is 1. The molecule has 20 heavy (non-hydrogen) atoms. The molecule has 0 bridgehead atoms. The first-order chi connectivity index (χ1) is 9.58. The predicted molar refractivity (Wildman–Crippen MR) is 75.4 cm³/mol. The van der Waals surface area contributed by atoms with Crippen LogP contribution in [0.2, 0.25) is 0 Å². The van der Waals surface area contributed by atoms with Gasteiger partial charge in [0.1, 0.15) is 5.82 Å². The van der Waals surface area contributed by atoms with Crippen molar-refractivity contribution in [3.8, 4) is 0 Å². The third-order valence-electron chi connectivity index (χ3n) is 3.90. The van der Waals surface area contributed by atoms with Gasteiger partial charge in [0.2, 0.25) is 0 Å². The Hall–Kier alpha value is -1.34. The van der Waals surface area contributed by atoms with E-state index in [2.05, 4.69) is 36.4 Å². The van der Waals surface area contributed by atoms with Gasteiger partial charge in [-0.15, -0.1) is 5.10 Å². The number of fused-ring (bicyclic) bond motifs is 1. The Morgan fingerprint density at radius 2 is 2.15 bits per heavy atom. The lowest BCUT2D eigenvalue weighted by molar-refractivity contribution is 0.178. The Morgan fingerprint density at radius 1 is 1.35 bits per heavy atom. The fourth-order valence-electron chi connectivity index (χ4n) is 2.70. The molecule has 7 heteroatoms. The van der Waals surface area contributed by atoms with Gasteiger partial charge < -0.3 is 0 Å². The van der Waals surface area contributed by atoms with Crippen molar-refractivity contribution in [1.29, 1.82) is 0 Å². The molecule has 0 saturated carbocycles. The first-order valence-corrected chi connectivity index (χ1v) is 7.29. The van der Waals surface area contributed by atoms with Crippen LogP contribution in [0.15, 0.2) is 16.6 Å². The third-order valence-corrected chi connectivity index (χ3v) is 4.64. The normalized spacial score (nSPS) is 17.0. The van der Waals surface area contributed by atoms with E-state index in [4.69, 9.17) is 0 Å². The quantitative estimate of drug-likeness (QED) is 0.841. The van der Waals surface area contributed by atoms with E-state index in [0.717, 1.165) is 34.4 Å². The molecule has 0 fully saturated rings. The topological polar surface area (TPSA) is 46.8 Å². The van der Waals surface area contributed by atoms with Gasteiger partial charge in [-0.25, -0.2) is 9.07 Å². The Morgan fingerprint density at radius 3 is 2.85 bits per heavy atom. The van der Waals surface area contributed by atoms with E-state index in [1.165, 1.54) is 6.07 Å². The second-order valence-electron chi connectivity index (χ2n) is 5.04. The van der Waals surface area contributed by atoms with Crippen LogP contribution in [0.1, 0.15) is 29.9 Å². The van der Waals surface area contributed by atoms with Crippen molar-refractivity contribution < 1.29 is 4.39 Å². The highest BCUT2D eigenvalue weighted by molar-refractivity contribution is 9.10. The summed E-state index contributed by atoms with van der Waals surface area (Å²) in [5.74, 6) is 0.653. The summed E-state index contributed by atoms with van der Waals surface area (Å²) in [4.78, 5) is 2.20. The molecule has 5 nitrogen and oxygen atoms in total. The molecule has 3 rings (SSSR count). The maximum Gasteiger partial charge on any atom is 0.167 e. The van der Waals surface area contributed by atoms with Gasteiger partial charge in [0.25, 0.3) is 0 Å². The Kier molecular flexibility index (Phi) is 3.55. The monoisotopic (exact) mass is 339 g/mol. The summed E-state index contributed by atoms with van der Waals surface area (Å²) in [5, 5.41) is 11.6. The number of aromatic nitrogens is 4. The summed E-state index contributed by atoms with van der Waals surface area (Å²) in [5.41, 5.74) is 1.84. The summed E-state index contributed by atoms with van der Waals surface area (Å²) in [6.07, 6.45) is 0.823. The Balaban J connectivity index is 1.89. The largest absolute Gasteiger partial charge is 0.289 e.